The normalized spacial score (nSPS) is 30.2. The fourth-order valence-corrected chi connectivity index (χ4v) is 4.28. The number of nitrogens with one attached hydrogen (secondary N) is 1. The number of fused-ring (bicyclic) bond motifs is 4. The zero-order chi connectivity index (χ0) is 14.8. The molecule has 1 aromatic carbocycles. The Morgan fingerprint density at radius 3 is 3.05 bits per heavy atom. The molecule has 1 unspecified atom stereocenters. The Bertz CT molecular complexity index is 715. The van der Waals surface area contributed by atoms with Gasteiger partial charge < -0.3 is 11.1 Å². The highest BCUT2D eigenvalue weighted by Gasteiger charge is 2.61. The summed E-state index contributed by atoms with van der Waals surface area (Å²) in [5.41, 5.74) is 6.51. The summed E-state index contributed by atoms with van der Waals surface area (Å²) in [6.45, 7) is 0.789. The van der Waals surface area contributed by atoms with Gasteiger partial charge in [-0.05, 0) is 31.0 Å². The minimum absolute atomic E-state index is 0.114. The molecule has 3 aliphatic heterocycles. The quantitative estimate of drug-likeness (QED) is 0.807. The van der Waals surface area contributed by atoms with Crippen LogP contribution in [0.2, 0.25) is 0 Å². The number of hydrogen-bond donors (Lipinski definition) is 2. The van der Waals surface area contributed by atoms with Gasteiger partial charge in [0, 0.05) is 33.9 Å². The first-order valence-corrected chi connectivity index (χ1v) is 7.75. The average Bonchev–Trinajstić information content (AvgIpc) is 3.06. The van der Waals surface area contributed by atoms with E-state index in [-0.39, 0.29) is 11.9 Å². The number of nitrogens with two attached hydrogens (primary N) is 1. The monoisotopic (exact) mass is 347 g/mol. The molecule has 0 saturated carbocycles. The number of benzene rings is 1. The molecule has 3 N–H and O–H groups in total. The molecule has 2 atom stereocenters. The number of rotatable bonds is 1. The molecule has 1 saturated heterocycles. The lowest BCUT2D eigenvalue weighted by atomic mass is 9.83. The highest BCUT2D eigenvalue weighted by Crippen LogP contribution is 2.52. The summed E-state index contributed by atoms with van der Waals surface area (Å²) in [7, 11) is 0. The lowest BCUT2D eigenvalue weighted by Gasteiger charge is -2.35. The number of carbonyl (C=O) groups is 2. The van der Waals surface area contributed by atoms with Crippen LogP contribution in [0.5, 0.6) is 0 Å². The van der Waals surface area contributed by atoms with Crippen molar-refractivity contribution in [3.63, 3.8) is 0 Å². The van der Waals surface area contributed by atoms with Crippen LogP contribution in [0.3, 0.4) is 0 Å². The summed E-state index contributed by atoms with van der Waals surface area (Å²) >= 11 is 3.45. The second-order valence-corrected chi connectivity index (χ2v) is 6.62. The topological polar surface area (TPSA) is 75.4 Å². The Kier molecular flexibility index (Phi) is 2.59. The average molecular weight is 348 g/mol. The van der Waals surface area contributed by atoms with Crippen molar-refractivity contribution < 1.29 is 9.59 Å². The Labute approximate surface area is 130 Å². The van der Waals surface area contributed by atoms with E-state index >= 15 is 0 Å². The zero-order valence-electron chi connectivity index (χ0n) is 11.2. The van der Waals surface area contributed by atoms with Crippen LogP contribution in [0.4, 0.5) is 5.69 Å². The minimum Gasteiger partial charge on any atom is -0.366 e. The van der Waals surface area contributed by atoms with E-state index in [9.17, 15) is 9.59 Å². The fraction of sp³-hybridized carbons (Fsp3) is 0.333. The van der Waals surface area contributed by atoms with Crippen molar-refractivity contribution in [3.05, 3.63) is 39.9 Å². The molecule has 6 heteroatoms. The number of anilines is 1. The Morgan fingerprint density at radius 2 is 2.29 bits per heavy atom. The summed E-state index contributed by atoms with van der Waals surface area (Å²) < 4.78 is 0.878. The van der Waals surface area contributed by atoms with Crippen LogP contribution in [0.15, 0.2) is 34.3 Å². The third-order valence-corrected chi connectivity index (χ3v) is 5.19. The number of amides is 2. The molecule has 3 heterocycles. The van der Waals surface area contributed by atoms with Gasteiger partial charge in [-0.3, -0.25) is 14.5 Å². The lowest BCUT2D eigenvalue weighted by Crippen LogP contribution is -2.51. The van der Waals surface area contributed by atoms with E-state index in [2.05, 4.69) is 26.1 Å². The second kappa shape index (κ2) is 4.18. The van der Waals surface area contributed by atoms with Gasteiger partial charge in [-0.15, -0.1) is 0 Å². The number of nitrogens with zero attached hydrogens (tertiary/aromatic N) is 1. The molecular formula is C15H14BrN3O2. The molecule has 1 aromatic rings. The fourth-order valence-electron chi connectivity index (χ4n) is 3.92. The molecule has 21 heavy (non-hydrogen) atoms. The molecule has 5 nitrogen and oxygen atoms in total. The van der Waals surface area contributed by atoms with Crippen molar-refractivity contribution in [2.45, 2.75) is 24.4 Å². The molecule has 2 amide bonds. The van der Waals surface area contributed by atoms with Crippen LogP contribution in [-0.4, -0.2) is 29.3 Å². The Balaban J connectivity index is 2.01. The van der Waals surface area contributed by atoms with Crippen molar-refractivity contribution in [1.82, 2.24) is 4.90 Å². The molecule has 1 spiro atoms. The smallest absolute Gasteiger partial charge is 0.254 e. The van der Waals surface area contributed by atoms with Crippen LogP contribution in [0.25, 0.3) is 0 Å². The number of halogens is 1. The maximum atomic E-state index is 12.8. The van der Waals surface area contributed by atoms with E-state index in [0.717, 1.165) is 35.1 Å². The van der Waals surface area contributed by atoms with Gasteiger partial charge in [-0.2, -0.15) is 0 Å². The second-order valence-electron chi connectivity index (χ2n) is 5.70. The largest absolute Gasteiger partial charge is 0.366 e. The van der Waals surface area contributed by atoms with Gasteiger partial charge in [0.25, 0.3) is 5.91 Å². The van der Waals surface area contributed by atoms with Crippen molar-refractivity contribution in [2.75, 3.05) is 11.9 Å². The molecule has 108 valence electrons. The third-order valence-electron chi connectivity index (χ3n) is 4.69. The number of hydrogen-bond acceptors (Lipinski definition) is 3. The van der Waals surface area contributed by atoms with Crippen LogP contribution < -0.4 is 11.1 Å². The van der Waals surface area contributed by atoms with Crippen LogP contribution in [0, 0.1) is 0 Å². The lowest BCUT2D eigenvalue weighted by molar-refractivity contribution is -0.127. The first-order valence-electron chi connectivity index (χ1n) is 6.95. The van der Waals surface area contributed by atoms with Crippen LogP contribution in [-0.2, 0) is 15.1 Å². The molecule has 1 fully saturated rings. The predicted octanol–water partition coefficient (Wildman–Crippen LogP) is 1.49. The molecule has 0 aromatic heterocycles. The van der Waals surface area contributed by atoms with Gasteiger partial charge in [-0.25, -0.2) is 0 Å². The van der Waals surface area contributed by atoms with Gasteiger partial charge in [0.05, 0.1) is 0 Å². The van der Waals surface area contributed by atoms with E-state index in [0.29, 0.717) is 5.57 Å². The highest BCUT2D eigenvalue weighted by atomic mass is 79.9. The first kappa shape index (κ1) is 13.0. The molecule has 0 radical (unpaired) electrons. The molecule has 0 bridgehead atoms. The summed E-state index contributed by atoms with van der Waals surface area (Å²) in [5.74, 6) is -0.697. The SMILES string of the molecule is NC(=O)C1=CC2CCCN2[C@]12C(=O)Nc1ccc(Br)cc12. The van der Waals surface area contributed by atoms with Crippen molar-refractivity contribution in [2.24, 2.45) is 5.73 Å². The predicted molar refractivity (Wildman–Crippen MR) is 81.5 cm³/mol. The van der Waals surface area contributed by atoms with Gasteiger partial charge in [-0.1, -0.05) is 22.0 Å². The van der Waals surface area contributed by atoms with Gasteiger partial charge in [0.1, 0.15) is 0 Å². The van der Waals surface area contributed by atoms with E-state index in [4.69, 9.17) is 5.73 Å². The molecule has 4 rings (SSSR count). The van der Waals surface area contributed by atoms with E-state index in [1.165, 1.54) is 0 Å². The van der Waals surface area contributed by atoms with Crippen LogP contribution in [0.1, 0.15) is 18.4 Å². The standard InChI is InChI=1S/C15H14BrN3O2/c16-8-3-4-12-10(6-8)15(14(21)18-12)11(13(17)20)7-9-2-1-5-19(9)15/h3-4,6-7,9H,1-2,5H2,(H2,17,20)(H,18,21)/t9?,15-/m0/s1. The number of primary amides is 1. The van der Waals surface area contributed by atoms with E-state index in [1.54, 1.807) is 0 Å². The van der Waals surface area contributed by atoms with E-state index < -0.39 is 11.4 Å². The summed E-state index contributed by atoms with van der Waals surface area (Å²) in [5, 5.41) is 2.90. The van der Waals surface area contributed by atoms with Gasteiger partial charge in [0.2, 0.25) is 5.91 Å². The third kappa shape index (κ3) is 1.49. The Morgan fingerprint density at radius 1 is 1.48 bits per heavy atom. The van der Waals surface area contributed by atoms with Gasteiger partial charge >= 0.3 is 0 Å². The van der Waals surface area contributed by atoms with Gasteiger partial charge in [0.15, 0.2) is 5.54 Å². The van der Waals surface area contributed by atoms with Crippen LogP contribution >= 0.6 is 15.9 Å². The maximum Gasteiger partial charge on any atom is 0.254 e. The first-order chi connectivity index (χ1) is 10.0. The van der Waals surface area contributed by atoms with Crippen molar-refractivity contribution in [3.8, 4) is 0 Å². The summed E-state index contributed by atoms with van der Waals surface area (Å²) in [4.78, 5) is 26.9. The minimum atomic E-state index is -1.05. The summed E-state index contributed by atoms with van der Waals surface area (Å²) in [6, 6.07) is 5.75. The molecule has 3 aliphatic rings. The number of carbonyl (C=O) groups excluding carboxylic acids is 2. The van der Waals surface area contributed by atoms with Crippen molar-refractivity contribution >= 4 is 33.4 Å². The van der Waals surface area contributed by atoms with E-state index in [1.807, 2.05) is 24.3 Å². The zero-order valence-corrected chi connectivity index (χ0v) is 12.8. The maximum absolute atomic E-state index is 12.8. The molecular weight excluding hydrogens is 334 g/mol. The summed E-state index contributed by atoms with van der Waals surface area (Å²) in [6.07, 6.45) is 3.85. The highest BCUT2D eigenvalue weighted by molar-refractivity contribution is 9.10. The Hall–Kier alpha value is -1.66. The van der Waals surface area contributed by atoms with Crippen molar-refractivity contribution in [1.29, 1.82) is 0 Å². The molecule has 0 aliphatic carbocycles.